The first kappa shape index (κ1) is 29.2. The lowest BCUT2D eigenvalue weighted by atomic mass is 9.85. The number of aryl methyl sites for hydroxylation is 1. The van der Waals surface area contributed by atoms with Gasteiger partial charge in [-0.15, -0.1) is 0 Å². The molecule has 1 unspecified atom stereocenters. The zero-order valence-electron chi connectivity index (χ0n) is 23.0. The third-order valence-electron chi connectivity index (χ3n) is 7.71. The Morgan fingerprint density at radius 3 is 2.34 bits per heavy atom. The zero-order chi connectivity index (χ0) is 29.0. The maximum atomic E-state index is 14.4. The van der Waals surface area contributed by atoms with Crippen LogP contribution < -0.4 is 5.32 Å². The molecule has 5 rings (SSSR count). The summed E-state index contributed by atoms with van der Waals surface area (Å²) in [6, 6.07) is 22.1. The highest BCUT2D eigenvalue weighted by atomic mass is 32.2. The molecule has 2 aliphatic rings. The molecule has 1 N–H and O–H groups in total. The summed E-state index contributed by atoms with van der Waals surface area (Å²) in [6.45, 7) is 1.20. The number of carbonyl (C=O) groups is 2. The number of unbranched alkanes of at least 4 members (excludes halogenated alkanes) is 1. The third kappa shape index (κ3) is 6.79. The molecular weight excluding hydrogens is 547 g/mol. The van der Waals surface area contributed by atoms with Crippen molar-refractivity contribution in [3.8, 4) is 0 Å². The summed E-state index contributed by atoms with van der Waals surface area (Å²) < 4.78 is 41.9. The molecule has 2 heterocycles. The van der Waals surface area contributed by atoms with Crippen LogP contribution in [-0.4, -0.2) is 53.7 Å². The van der Waals surface area contributed by atoms with Crippen LogP contribution in [0, 0.1) is 0 Å². The highest BCUT2D eigenvalue weighted by molar-refractivity contribution is 7.99. The molecule has 216 valence electrons. The van der Waals surface area contributed by atoms with Crippen LogP contribution in [0.3, 0.4) is 0 Å². The topological polar surface area (TPSA) is 52.7 Å². The molecule has 2 aliphatic heterocycles. The van der Waals surface area contributed by atoms with E-state index in [1.807, 2.05) is 48.5 Å². The molecule has 41 heavy (non-hydrogen) atoms. The fraction of sp³-hybridized carbons (Fsp3) is 0.375. The molecule has 0 bridgehead atoms. The van der Waals surface area contributed by atoms with Crippen molar-refractivity contribution in [2.75, 3.05) is 19.6 Å². The summed E-state index contributed by atoms with van der Waals surface area (Å²) in [5, 5.41) is 5.45. The minimum absolute atomic E-state index is 0.185. The Hall–Kier alpha value is -3.30. The van der Waals surface area contributed by atoms with Crippen molar-refractivity contribution in [2.45, 2.75) is 67.0 Å². The number of amides is 2. The minimum Gasteiger partial charge on any atom is -0.349 e. The number of benzene rings is 3. The van der Waals surface area contributed by atoms with E-state index in [4.69, 9.17) is 0 Å². The number of nitrogens with zero attached hydrogens (tertiary/aromatic N) is 2. The number of alkyl halides is 3. The number of nitrogens with one attached hydrogen (secondary N) is 1. The minimum atomic E-state index is -4.57. The fourth-order valence-electron chi connectivity index (χ4n) is 5.68. The number of hydrogen-bond donors (Lipinski definition) is 1. The van der Waals surface area contributed by atoms with Gasteiger partial charge in [0.15, 0.2) is 0 Å². The summed E-state index contributed by atoms with van der Waals surface area (Å²) in [5.41, 5.74) is 3.12. The predicted octanol–water partition coefficient (Wildman–Crippen LogP) is 6.83. The van der Waals surface area contributed by atoms with E-state index in [0.717, 1.165) is 50.8 Å². The van der Waals surface area contributed by atoms with Gasteiger partial charge in [-0.05, 0) is 66.6 Å². The van der Waals surface area contributed by atoms with Crippen LogP contribution in [0.1, 0.15) is 65.6 Å². The van der Waals surface area contributed by atoms with Crippen molar-refractivity contribution in [2.24, 2.45) is 0 Å². The second kappa shape index (κ2) is 12.7. The maximum Gasteiger partial charge on any atom is 0.407 e. The Morgan fingerprint density at radius 1 is 0.951 bits per heavy atom. The zero-order valence-corrected chi connectivity index (χ0v) is 23.8. The molecule has 3 aromatic rings. The van der Waals surface area contributed by atoms with Crippen LogP contribution >= 0.6 is 11.8 Å². The monoisotopic (exact) mass is 581 g/mol. The van der Waals surface area contributed by atoms with Crippen molar-refractivity contribution in [3.05, 3.63) is 95.1 Å². The summed E-state index contributed by atoms with van der Waals surface area (Å²) in [6.07, 6.45) is -1.02. The van der Waals surface area contributed by atoms with Crippen LogP contribution in [0.2, 0.25) is 0 Å². The van der Waals surface area contributed by atoms with Crippen molar-refractivity contribution in [1.82, 2.24) is 15.3 Å². The SMILES string of the molecule is CCCCc1cccc2c1C(C(=O)N(CC(F)(F)F)N1CCC(NC(=O)c3ccccc3)CC1)c1ccccc1S2. The summed E-state index contributed by atoms with van der Waals surface area (Å²) in [7, 11) is 0. The smallest absolute Gasteiger partial charge is 0.349 e. The molecule has 0 saturated carbocycles. The van der Waals surface area contributed by atoms with E-state index in [9.17, 15) is 22.8 Å². The second-order valence-electron chi connectivity index (χ2n) is 10.6. The number of fused-ring (bicyclic) bond motifs is 2. The molecule has 5 nitrogen and oxygen atoms in total. The quantitative estimate of drug-likeness (QED) is 0.317. The first-order valence-corrected chi connectivity index (χ1v) is 14.9. The van der Waals surface area contributed by atoms with Gasteiger partial charge in [0.05, 0.1) is 5.92 Å². The number of halogens is 3. The summed E-state index contributed by atoms with van der Waals surface area (Å²) >= 11 is 1.57. The van der Waals surface area contributed by atoms with E-state index in [-0.39, 0.29) is 25.0 Å². The van der Waals surface area contributed by atoms with E-state index in [1.165, 1.54) is 5.01 Å². The maximum absolute atomic E-state index is 14.4. The number of piperidine rings is 1. The Bertz CT molecular complexity index is 1370. The molecule has 1 fully saturated rings. The van der Waals surface area contributed by atoms with Crippen molar-refractivity contribution in [1.29, 1.82) is 0 Å². The lowest BCUT2D eigenvalue weighted by Crippen LogP contribution is -2.56. The van der Waals surface area contributed by atoms with Gasteiger partial charge < -0.3 is 5.32 Å². The van der Waals surface area contributed by atoms with Gasteiger partial charge >= 0.3 is 6.18 Å². The highest BCUT2D eigenvalue weighted by Crippen LogP contribution is 2.48. The van der Waals surface area contributed by atoms with Gasteiger partial charge in [0, 0.05) is 34.5 Å². The standard InChI is InChI=1S/C32H34F3N3O2S/c1-2-3-10-22-13-9-16-27-28(22)29(25-14-7-8-15-26(25)41-27)31(40)38(21-32(33,34)35)37-19-17-24(18-20-37)36-30(39)23-11-5-4-6-12-23/h4-9,11-16,24,29H,2-3,10,17-21H2,1H3,(H,36,39). The fourth-order valence-corrected chi connectivity index (χ4v) is 6.87. The summed E-state index contributed by atoms with van der Waals surface area (Å²) in [5.74, 6) is -1.60. The number of hydrogen-bond acceptors (Lipinski definition) is 4. The van der Waals surface area contributed by atoms with Gasteiger partial charge in [-0.1, -0.05) is 73.6 Å². The molecular formula is C32H34F3N3O2S. The van der Waals surface area contributed by atoms with Gasteiger partial charge in [0.25, 0.3) is 5.91 Å². The normalized spacial score (nSPS) is 17.4. The van der Waals surface area contributed by atoms with Gasteiger partial charge in [-0.25, -0.2) is 5.01 Å². The lowest BCUT2D eigenvalue weighted by molar-refractivity contribution is -0.194. The molecule has 2 amide bonds. The second-order valence-corrected chi connectivity index (χ2v) is 11.7. The molecule has 3 aromatic carbocycles. The Balaban J connectivity index is 1.42. The lowest BCUT2D eigenvalue weighted by Gasteiger charge is -2.42. The van der Waals surface area contributed by atoms with Crippen molar-refractivity contribution >= 4 is 23.6 Å². The van der Waals surface area contributed by atoms with Crippen LogP contribution in [-0.2, 0) is 11.2 Å². The Morgan fingerprint density at radius 2 is 1.63 bits per heavy atom. The van der Waals surface area contributed by atoms with E-state index in [2.05, 4.69) is 12.2 Å². The van der Waals surface area contributed by atoms with Crippen LogP contribution in [0.15, 0.2) is 82.6 Å². The Kier molecular flexibility index (Phi) is 9.04. The number of rotatable bonds is 8. The first-order valence-electron chi connectivity index (χ1n) is 14.1. The molecule has 1 saturated heterocycles. The first-order chi connectivity index (χ1) is 19.7. The average molecular weight is 582 g/mol. The average Bonchev–Trinajstić information content (AvgIpc) is 2.97. The van der Waals surface area contributed by atoms with Crippen molar-refractivity contribution < 1.29 is 22.8 Å². The van der Waals surface area contributed by atoms with Crippen LogP contribution in [0.4, 0.5) is 13.2 Å². The van der Waals surface area contributed by atoms with E-state index in [0.29, 0.717) is 18.4 Å². The summed E-state index contributed by atoms with van der Waals surface area (Å²) in [4.78, 5) is 28.8. The van der Waals surface area contributed by atoms with Gasteiger partial charge in [-0.2, -0.15) is 13.2 Å². The number of hydrazine groups is 1. The molecule has 0 spiro atoms. The third-order valence-corrected chi connectivity index (χ3v) is 8.88. The van der Waals surface area contributed by atoms with E-state index < -0.39 is 24.5 Å². The molecule has 0 aromatic heterocycles. The van der Waals surface area contributed by atoms with Gasteiger partial charge in [0.2, 0.25) is 5.91 Å². The van der Waals surface area contributed by atoms with E-state index >= 15 is 0 Å². The number of carbonyl (C=O) groups excluding carboxylic acids is 2. The Labute approximate surface area is 243 Å². The highest BCUT2D eigenvalue weighted by Gasteiger charge is 2.43. The van der Waals surface area contributed by atoms with Gasteiger partial charge in [-0.3, -0.25) is 14.6 Å². The van der Waals surface area contributed by atoms with Crippen LogP contribution in [0.5, 0.6) is 0 Å². The van der Waals surface area contributed by atoms with Gasteiger partial charge in [0.1, 0.15) is 6.54 Å². The van der Waals surface area contributed by atoms with Crippen LogP contribution in [0.25, 0.3) is 0 Å². The molecule has 9 heteroatoms. The molecule has 1 atom stereocenters. The van der Waals surface area contributed by atoms with E-state index in [1.54, 1.807) is 36.0 Å². The largest absolute Gasteiger partial charge is 0.407 e. The molecule has 0 aliphatic carbocycles. The predicted molar refractivity (Wildman–Crippen MR) is 154 cm³/mol. The van der Waals surface area contributed by atoms with Crippen molar-refractivity contribution in [3.63, 3.8) is 0 Å². The molecule has 0 radical (unpaired) electrons.